The van der Waals surface area contributed by atoms with E-state index in [9.17, 15) is 17.6 Å². The fourth-order valence-corrected chi connectivity index (χ4v) is 2.32. The lowest BCUT2D eigenvalue weighted by Gasteiger charge is -2.12. The summed E-state index contributed by atoms with van der Waals surface area (Å²) in [5.41, 5.74) is 0.282. The van der Waals surface area contributed by atoms with Gasteiger partial charge in [0.2, 0.25) is 0 Å². The highest BCUT2D eigenvalue weighted by molar-refractivity contribution is 5.32. The predicted molar refractivity (Wildman–Crippen MR) is 66.8 cm³/mol. The lowest BCUT2D eigenvalue weighted by atomic mass is 10.1. The molecule has 2 aromatic rings. The van der Waals surface area contributed by atoms with Gasteiger partial charge in [-0.2, -0.15) is 13.2 Å². The highest BCUT2D eigenvalue weighted by atomic mass is 19.4. The van der Waals surface area contributed by atoms with E-state index < -0.39 is 17.7 Å². The molecule has 0 aliphatic carbocycles. The second-order valence-corrected chi connectivity index (χ2v) is 4.82. The monoisotopic (exact) mass is 297 g/mol. The Labute approximate surface area is 118 Å². The van der Waals surface area contributed by atoms with Crippen molar-refractivity contribution in [3.05, 3.63) is 58.4 Å². The number of hydrogen-bond donors (Lipinski definition) is 1. The third-order valence-corrected chi connectivity index (χ3v) is 3.28. The number of benzene rings is 1. The Hall–Kier alpha value is -2.02. The van der Waals surface area contributed by atoms with Gasteiger partial charge < -0.3 is 5.32 Å². The zero-order valence-corrected chi connectivity index (χ0v) is 10.8. The number of alkyl halides is 3. The smallest absolute Gasteiger partial charge is 0.307 e. The lowest BCUT2D eigenvalue weighted by molar-refractivity contribution is -0.142. The van der Waals surface area contributed by atoms with Crippen molar-refractivity contribution in [1.29, 1.82) is 0 Å². The Morgan fingerprint density at radius 3 is 2.43 bits per heavy atom. The van der Waals surface area contributed by atoms with E-state index in [0.717, 1.165) is 0 Å². The summed E-state index contributed by atoms with van der Waals surface area (Å²) in [4.78, 5) is 7.84. The molecule has 0 spiro atoms. The summed E-state index contributed by atoms with van der Waals surface area (Å²) in [6.07, 6.45) is -4.37. The van der Waals surface area contributed by atoms with E-state index in [4.69, 9.17) is 0 Å². The molecule has 0 saturated heterocycles. The molecule has 1 N–H and O–H groups in total. The molecule has 1 aromatic carbocycles. The minimum Gasteiger partial charge on any atom is -0.307 e. The molecule has 0 atom stereocenters. The van der Waals surface area contributed by atoms with Crippen LogP contribution < -0.4 is 5.32 Å². The zero-order valence-electron chi connectivity index (χ0n) is 10.8. The maximum Gasteiger partial charge on any atom is 0.433 e. The first-order chi connectivity index (χ1) is 9.93. The molecule has 0 amide bonds. The van der Waals surface area contributed by atoms with Crippen molar-refractivity contribution in [2.45, 2.75) is 25.7 Å². The predicted octanol–water partition coefficient (Wildman–Crippen LogP) is 2.83. The van der Waals surface area contributed by atoms with Crippen LogP contribution in [0, 0.1) is 5.82 Å². The fraction of sp³-hybridized carbons (Fsp3) is 0.286. The summed E-state index contributed by atoms with van der Waals surface area (Å²) >= 11 is 0. The van der Waals surface area contributed by atoms with E-state index >= 15 is 0 Å². The first-order valence-corrected chi connectivity index (χ1v) is 6.34. The SMILES string of the molecule is Fc1ccc(Cc2nc3c(c(C(F)(F)F)n2)CNC3)cc1. The normalized spacial score (nSPS) is 14.3. The first kappa shape index (κ1) is 13.9. The largest absolute Gasteiger partial charge is 0.433 e. The van der Waals surface area contributed by atoms with Crippen molar-refractivity contribution in [3.63, 3.8) is 0 Å². The van der Waals surface area contributed by atoms with E-state index in [1.54, 1.807) is 0 Å². The van der Waals surface area contributed by atoms with Crippen LogP contribution in [0.4, 0.5) is 17.6 Å². The van der Waals surface area contributed by atoms with Gasteiger partial charge in [-0.15, -0.1) is 0 Å². The molecule has 110 valence electrons. The molecule has 1 aliphatic rings. The quantitative estimate of drug-likeness (QED) is 0.866. The average molecular weight is 297 g/mol. The Kier molecular flexibility index (Phi) is 3.36. The summed E-state index contributed by atoms with van der Waals surface area (Å²) in [7, 11) is 0. The lowest BCUT2D eigenvalue weighted by Crippen LogP contribution is -2.16. The van der Waals surface area contributed by atoms with Crippen molar-refractivity contribution in [2.24, 2.45) is 0 Å². The number of nitrogens with one attached hydrogen (secondary N) is 1. The zero-order chi connectivity index (χ0) is 15.0. The van der Waals surface area contributed by atoms with E-state index in [0.29, 0.717) is 17.8 Å². The Bertz CT molecular complexity index is 665. The minimum atomic E-state index is -4.50. The fourth-order valence-electron chi connectivity index (χ4n) is 2.32. The third kappa shape index (κ3) is 2.87. The van der Waals surface area contributed by atoms with E-state index in [2.05, 4.69) is 15.3 Å². The highest BCUT2D eigenvalue weighted by Crippen LogP contribution is 2.33. The van der Waals surface area contributed by atoms with Crippen LogP contribution in [0.15, 0.2) is 24.3 Å². The van der Waals surface area contributed by atoms with Crippen molar-refractivity contribution in [1.82, 2.24) is 15.3 Å². The van der Waals surface area contributed by atoms with E-state index in [1.165, 1.54) is 24.3 Å². The Balaban J connectivity index is 1.98. The summed E-state index contributed by atoms with van der Waals surface area (Å²) in [6, 6.07) is 5.54. The van der Waals surface area contributed by atoms with Crippen LogP contribution in [-0.4, -0.2) is 9.97 Å². The van der Waals surface area contributed by atoms with Gasteiger partial charge in [0.1, 0.15) is 11.6 Å². The molecule has 2 heterocycles. The molecule has 0 saturated carbocycles. The highest BCUT2D eigenvalue weighted by Gasteiger charge is 2.38. The maximum atomic E-state index is 13.0. The van der Waals surface area contributed by atoms with Crippen LogP contribution in [0.3, 0.4) is 0 Å². The molecule has 0 radical (unpaired) electrons. The first-order valence-electron chi connectivity index (χ1n) is 6.34. The van der Waals surface area contributed by atoms with Gasteiger partial charge in [0.05, 0.1) is 5.69 Å². The molecule has 0 unspecified atom stereocenters. The molecule has 3 nitrogen and oxygen atoms in total. The molecule has 7 heteroatoms. The average Bonchev–Trinajstić information content (AvgIpc) is 2.87. The van der Waals surface area contributed by atoms with Crippen LogP contribution in [-0.2, 0) is 25.7 Å². The van der Waals surface area contributed by atoms with Crippen molar-refractivity contribution in [3.8, 4) is 0 Å². The van der Waals surface area contributed by atoms with Gasteiger partial charge in [-0.25, -0.2) is 14.4 Å². The molecular formula is C14H11F4N3. The molecule has 1 aromatic heterocycles. The van der Waals surface area contributed by atoms with Crippen molar-refractivity contribution >= 4 is 0 Å². The number of nitrogens with zero attached hydrogens (tertiary/aromatic N) is 2. The minimum absolute atomic E-state index is 0.0939. The van der Waals surface area contributed by atoms with Crippen LogP contribution >= 0.6 is 0 Å². The maximum absolute atomic E-state index is 13.0. The molecule has 21 heavy (non-hydrogen) atoms. The Morgan fingerprint density at radius 1 is 1.05 bits per heavy atom. The molecule has 0 bridgehead atoms. The van der Waals surface area contributed by atoms with Gasteiger partial charge >= 0.3 is 6.18 Å². The summed E-state index contributed by atoms with van der Waals surface area (Å²) in [5, 5.41) is 2.85. The summed E-state index contributed by atoms with van der Waals surface area (Å²) < 4.78 is 52.0. The van der Waals surface area contributed by atoms with Gasteiger partial charge in [0.15, 0.2) is 5.69 Å². The van der Waals surface area contributed by atoms with Crippen molar-refractivity contribution < 1.29 is 17.6 Å². The number of hydrogen-bond acceptors (Lipinski definition) is 3. The number of fused-ring (bicyclic) bond motifs is 1. The van der Waals surface area contributed by atoms with E-state index in [-0.39, 0.29) is 24.4 Å². The second kappa shape index (κ2) is 5.07. The van der Waals surface area contributed by atoms with Crippen molar-refractivity contribution in [2.75, 3.05) is 0 Å². The molecular weight excluding hydrogens is 286 g/mol. The van der Waals surface area contributed by atoms with Gasteiger partial charge in [-0.3, -0.25) is 0 Å². The van der Waals surface area contributed by atoms with Crippen LogP contribution in [0.5, 0.6) is 0 Å². The van der Waals surface area contributed by atoms with Crippen LogP contribution in [0.2, 0.25) is 0 Å². The molecule has 0 fully saturated rings. The number of halogens is 4. The van der Waals surface area contributed by atoms with Crippen LogP contribution in [0.1, 0.15) is 28.3 Å². The van der Waals surface area contributed by atoms with Crippen LogP contribution in [0.25, 0.3) is 0 Å². The number of aromatic nitrogens is 2. The Morgan fingerprint density at radius 2 is 1.76 bits per heavy atom. The molecule has 1 aliphatic heterocycles. The topological polar surface area (TPSA) is 37.8 Å². The van der Waals surface area contributed by atoms with Gasteiger partial charge in [0.25, 0.3) is 0 Å². The van der Waals surface area contributed by atoms with Gasteiger partial charge in [0, 0.05) is 25.1 Å². The van der Waals surface area contributed by atoms with Gasteiger partial charge in [-0.1, -0.05) is 12.1 Å². The van der Waals surface area contributed by atoms with Gasteiger partial charge in [-0.05, 0) is 17.7 Å². The standard InChI is InChI=1S/C14H11F4N3/c15-9-3-1-8(2-4-9)5-12-20-11-7-19-6-10(11)13(21-12)14(16,17)18/h1-4,19H,5-7H2. The molecule has 3 rings (SSSR count). The second-order valence-electron chi connectivity index (χ2n) is 4.82. The number of rotatable bonds is 2. The third-order valence-electron chi connectivity index (χ3n) is 3.28. The summed E-state index contributed by atoms with van der Waals surface area (Å²) in [6.45, 7) is 0.429. The summed E-state index contributed by atoms with van der Waals surface area (Å²) in [5.74, 6) is -0.301. The van der Waals surface area contributed by atoms with E-state index in [1.807, 2.05) is 0 Å².